The fraction of sp³-hybridized carbons (Fsp3) is 0.133. The second-order valence-corrected chi connectivity index (χ2v) is 5.78. The number of para-hydroxylation sites is 1. The lowest BCUT2D eigenvalue weighted by molar-refractivity contribution is 0.0949. The Labute approximate surface area is 135 Å². The summed E-state index contributed by atoms with van der Waals surface area (Å²) >= 11 is 1.30. The number of H-pyrrole nitrogens is 1. The minimum atomic E-state index is -0.449. The number of hydrogen-bond acceptors (Lipinski definition) is 6. The van der Waals surface area contributed by atoms with Gasteiger partial charge in [-0.15, -0.1) is 11.3 Å². The van der Waals surface area contributed by atoms with Crippen LogP contribution in [0.15, 0.2) is 34.4 Å². The summed E-state index contributed by atoms with van der Waals surface area (Å²) in [4.78, 5) is 31.2. The number of hydrogen-bond donors (Lipinski definition) is 4. The third-order valence-electron chi connectivity index (χ3n) is 3.39. The van der Waals surface area contributed by atoms with Crippen molar-refractivity contribution in [1.82, 2.24) is 15.3 Å². The van der Waals surface area contributed by atoms with Gasteiger partial charge in [0.15, 0.2) is 5.13 Å². The molecule has 2 aromatic heterocycles. The van der Waals surface area contributed by atoms with E-state index in [0.717, 1.165) is 11.1 Å². The van der Waals surface area contributed by atoms with Gasteiger partial charge in [0.25, 0.3) is 11.5 Å². The summed E-state index contributed by atoms with van der Waals surface area (Å²) in [6, 6.07) is 7.13. The Bertz CT molecular complexity index is 931. The zero-order valence-electron chi connectivity index (χ0n) is 12.3. The third-order valence-corrected chi connectivity index (χ3v) is 4.12. The van der Waals surface area contributed by atoms with Crippen LogP contribution in [0.25, 0.3) is 10.9 Å². The van der Waals surface area contributed by atoms with Gasteiger partial charge in [-0.3, -0.25) is 9.59 Å². The SMILES string of the molecule is CNc1cccc2cc(C(=O)NCc3csc(N)n3)c(=O)[nH]c12. The minimum absolute atomic E-state index is 0.0638. The molecule has 0 saturated carbocycles. The van der Waals surface area contributed by atoms with Crippen LogP contribution in [0.4, 0.5) is 10.8 Å². The van der Waals surface area contributed by atoms with E-state index in [1.54, 1.807) is 18.5 Å². The predicted molar refractivity (Wildman–Crippen MR) is 91.8 cm³/mol. The van der Waals surface area contributed by atoms with E-state index in [4.69, 9.17) is 5.73 Å². The molecule has 5 N–H and O–H groups in total. The smallest absolute Gasteiger partial charge is 0.261 e. The topological polar surface area (TPSA) is 113 Å². The highest BCUT2D eigenvalue weighted by atomic mass is 32.1. The van der Waals surface area contributed by atoms with Crippen LogP contribution < -0.4 is 21.9 Å². The molecule has 1 aromatic carbocycles. The Balaban J connectivity index is 1.88. The number of amides is 1. The summed E-state index contributed by atoms with van der Waals surface area (Å²) in [5, 5.41) is 8.66. The molecule has 0 unspecified atom stereocenters. The van der Waals surface area contributed by atoms with E-state index >= 15 is 0 Å². The number of carbonyl (C=O) groups is 1. The van der Waals surface area contributed by atoms with Gasteiger partial charge in [-0.25, -0.2) is 4.98 Å². The monoisotopic (exact) mass is 329 g/mol. The number of nitrogen functional groups attached to an aromatic ring is 1. The Morgan fingerprint density at radius 2 is 2.26 bits per heavy atom. The quantitative estimate of drug-likeness (QED) is 0.580. The lowest BCUT2D eigenvalue weighted by Crippen LogP contribution is -2.29. The molecule has 1 amide bonds. The van der Waals surface area contributed by atoms with E-state index in [1.165, 1.54) is 11.3 Å². The minimum Gasteiger partial charge on any atom is -0.386 e. The van der Waals surface area contributed by atoms with Crippen LogP contribution in [0.2, 0.25) is 0 Å². The maximum Gasteiger partial charge on any atom is 0.261 e. The number of nitrogens with zero attached hydrogens (tertiary/aromatic N) is 1. The maximum atomic E-state index is 12.2. The second kappa shape index (κ2) is 6.09. The molecule has 0 atom stereocenters. The molecule has 3 aromatic rings. The number of nitrogens with one attached hydrogen (secondary N) is 3. The van der Waals surface area contributed by atoms with Gasteiger partial charge in [-0.05, 0) is 12.1 Å². The number of aromatic nitrogens is 2. The van der Waals surface area contributed by atoms with Crippen LogP contribution in [0.5, 0.6) is 0 Å². The summed E-state index contributed by atoms with van der Waals surface area (Å²) in [6.07, 6.45) is 0. The third kappa shape index (κ3) is 3.02. The van der Waals surface area contributed by atoms with Crippen molar-refractivity contribution in [1.29, 1.82) is 0 Å². The summed E-state index contributed by atoms with van der Waals surface area (Å²) in [5.41, 5.74) is 7.30. The highest BCUT2D eigenvalue weighted by molar-refractivity contribution is 7.13. The van der Waals surface area contributed by atoms with Crippen molar-refractivity contribution in [3.8, 4) is 0 Å². The van der Waals surface area contributed by atoms with Crippen molar-refractivity contribution in [2.24, 2.45) is 0 Å². The number of fused-ring (bicyclic) bond motifs is 1. The van der Waals surface area contributed by atoms with E-state index < -0.39 is 11.5 Å². The normalized spacial score (nSPS) is 10.7. The average molecular weight is 329 g/mol. The van der Waals surface area contributed by atoms with Crippen molar-refractivity contribution in [2.75, 3.05) is 18.1 Å². The fourth-order valence-corrected chi connectivity index (χ4v) is 2.84. The number of thiazole rings is 1. The first-order valence-corrected chi connectivity index (χ1v) is 7.78. The van der Waals surface area contributed by atoms with Gasteiger partial charge >= 0.3 is 0 Å². The van der Waals surface area contributed by atoms with E-state index in [0.29, 0.717) is 16.3 Å². The van der Waals surface area contributed by atoms with Crippen molar-refractivity contribution in [2.45, 2.75) is 6.54 Å². The van der Waals surface area contributed by atoms with Crippen molar-refractivity contribution in [3.05, 3.63) is 51.3 Å². The second-order valence-electron chi connectivity index (χ2n) is 4.89. The van der Waals surface area contributed by atoms with E-state index in [9.17, 15) is 9.59 Å². The Morgan fingerprint density at radius 1 is 1.43 bits per heavy atom. The summed E-state index contributed by atoms with van der Waals surface area (Å²) in [5.74, 6) is -0.449. The van der Waals surface area contributed by atoms with Gasteiger partial charge in [-0.2, -0.15) is 0 Å². The van der Waals surface area contributed by atoms with E-state index in [2.05, 4.69) is 20.6 Å². The molecule has 0 aliphatic carbocycles. The molecule has 8 heteroatoms. The molecule has 0 aliphatic heterocycles. The molecule has 7 nitrogen and oxygen atoms in total. The van der Waals surface area contributed by atoms with Crippen LogP contribution in [-0.2, 0) is 6.54 Å². The molecule has 2 heterocycles. The van der Waals surface area contributed by atoms with Crippen molar-refractivity contribution < 1.29 is 4.79 Å². The average Bonchev–Trinajstić information content (AvgIpc) is 2.97. The first-order valence-electron chi connectivity index (χ1n) is 6.90. The van der Waals surface area contributed by atoms with Crippen LogP contribution in [0.3, 0.4) is 0 Å². The van der Waals surface area contributed by atoms with Crippen molar-refractivity contribution >= 4 is 39.0 Å². The standard InChI is InChI=1S/C15H15N5O2S/c1-17-11-4-2-3-8-5-10(14(22)20-12(8)11)13(21)18-6-9-7-23-15(16)19-9/h2-5,7,17H,6H2,1H3,(H2,16,19)(H,18,21)(H,20,22). The molecule has 0 bridgehead atoms. The highest BCUT2D eigenvalue weighted by Gasteiger charge is 2.13. The zero-order chi connectivity index (χ0) is 16.4. The van der Waals surface area contributed by atoms with Gasteiger partial charge < -0.3 is 21.4 Å². The van der Waals surface area contributed by atoms with E-state index in [1.807, 2.05) is 18.2 Å². The van der Waals surface area contributed by atoms with Gasteiger partial charge in [0, 0.05) is 17.8 Å². The molecule has 0 fully saturated rings. The first-order chi connectivity index (χ1) is 11.1. The molecule has 0 spiro atoms. The van der Waals surface area contributed by atoms with Crippen LogP contribution >= 0.6 is 11.3 Å². The summed E-state index contributed by atoms with van der Waals surface area (Å²) in [6.45, 7) is 0.223. The largest absolute Gasteiger partial charge is 0.386 e. The molecule has 118 valence electrons. The van der Waals surface area contributed by atoms with Crippen LogP contribution in [-0.4, -0.2) is 22.9 Å². The molecule has 23 heavy (non-hydrogen) atoms. The molecule has 0 saturated heterocycles. The van der Waals surface area contributed by atoms with Gasteiger partial charge in [-0.1, -0.05) is 12.1 Å². The molecule has 0 radical (unpaired) electrons. The predicted octanol–water partition coefficient (Wildman–Crippen LogP) is 1.54. The number of anilines is 2. The van der Waals surface area contributed by atoms with Gasteiger partial charge in [0.05, 0.1) is 23.4 Å². The number of rotatable bonds is 4. The number of carbonyl (C=O) groups excluding carboxylic acids is 1. The number of aromatic amines is 1. The fourth-order valence-electron chi connectivity index (χ4n) is 2.28. The summed E-state index contributed by atoms with van der Waals surface area (Å²) < 4.78 is 0. The number of nitrogens with two attached hydrogens (primary N) is 1. The first kappa shape index (κ1) is 15.0. The summed E-state index contributed by atoms with van der Waals surface area (Å²) in [7, 11) is 1.77. The van der Waals surface area contributed by atoms with Crippen LogP contribution in [0, 0.1) is 0 Å². The Kier molecular flexibility index (Phi) is 3.98. The molecular formula is C15H15N5O2S. The van der Waals surface area contributed by atoms with Crippen LogP contribution in [0.1, 0.15) is 16.1 Å². The molecule has 0 aliphatic rings. The zero-order valence-corrected chi connectivity index (χ0v) is 13.2. The van der Waals surface area contributed by atoms with Gasteiger partial charge in [0.2, 0.25) is 0 Å². The molecular weight excluding hydrogens is 314 g/mol. The molecule has 3 rings (SSSR count). The maximum absolute atomic E-state index is 12.2. The van der Waals surface area contributed by atoms with Crippen molar-refractivity contribution in [3.63, 3.8) is 0 Å². The Hall–Kier alpha value is -2.87. The Morgan fingerprint density at radius 3 is 2.96 bits per heavy atom. The van der Waals surface area contributed by atoms with E-state index in [-0.39, 0.29) is 12.1 Å². The number of benzene rings is 1. The van der Waals surface area contributed by atoms with Gasteiger partial charge in [0.1, 0.15) is 5.56 Å². The number of pyridine rings is 1. The highest BCUT2D eigenvalue weighted by Crippen LogP contribution is 2.20. The lowest BCUT2D eigenvalue weighted by Gasteiger charge is -2.08. The lowest BCUT2D eigenvalue weighted by atomic mass is 10.1.